The first-order valence-corrected chi connectivity index (χ1v) is 12.4. The molecule has 3 heteroatoms. The molecular formula is C30H19O2P. The van der Waals surface area contributed by atoms with Crippen LogP contribution in [0.2, 0.25) is 0 Å². The van der Waals surface area contributed by atoms with Crippen LogP contribution >= 0.6 is 7.92 Å². The summed E-state index contributed by atoms with van der Waals surface area (Å²) in [5.74, 6) is 3.66. The van der Waals surface area contributed by atoms with E-state index in [0.29, 0.717) is 0 Å². The lowest BCUT2D eigenvalue weighted by Gasteiger charge is -2.35. The van der Waals surface area contributed by atoms with Gasteiger partial charge in [-0.05, 0) is 58.7 Å². The van der Waals surface area contributed by atoms with E-state index in [0.717, 1.165) is 23.0 Å². The van der Waals surface area contributed by atoms with Crippen LogP contribution in [0.15, 0.2) is 115 Å². The molecule has 0 amide bonds. The van der Waals surface area contributed by atoms with Crippen LogP contribution in [-0.4, -0.2) is 0 Å². The molecule has 0 bridgehead atoms. The van der Waals surface area contributed by atoms with E-state index >= 15 is 0 Å². The lowest BCUT2D eigenvalue weighted by atomic mass is 10.1. The van der Waals surface area contributed by atoms with Crippen molar-refractivity contribution in [1.29, 1.82) is 0 Å². The predicted octanol–water partition coefficient (Wildman–Crippen LogP) is 6.99. The second-order valence-electron chi connectivity index (χ2n) is 8.24. The van der Waals surface area contributed by atoms with Gasteiger partial charge >= 0.3 is 0 Å². The Morgan fingerprint density at radius 3 is 1.36 bits per heavy atom. The van der Waals surface area contributed by atoms with Crippen LogP contribution in [-0.2, 0) is 0 Å². The van der Waals surface area contributed by atoms with E-state index in [-0.39, 0.29) is 0 Å². The Balaban J connectivity index is 1.46. The van der Waals surface area contributed by atoms with E-state index in [1.807, 2.05) is 6.07 Å². The molecule has 5 aromatic rings. The number of ether oxygens (including phenoxy) is 2. The molecule has 2 nitrogen and oxygen atoms in total. The van der Waals surface area contributed by atoms with Crippen molar-refractivity contribution in [2.75, 3.05) is 0 Å². The summed E-state index contributed by atoms with van der Waals surface area (Å²) in [5.41, 5.74) is 4.82. The summed E-state index contributed by atoms with van der Waals surface area (Å²) in [4.78, 5) is 0. The van der Waals surface area contributed by atoms with Crippen molar-refractivity contribution in [2.45, 2.75) is 0 Å². The fraction of sp³-hybridized carbons (Fsp3) is 0. The fourth-order valence-electron chi connectivity index (χ4n) is 4.67. The van der Waals surface area contributed by atoms with Crippen molar-refractivity contribution in [3.63, 3.8) is 0 Å². The minimum atomic E-state index is -0.814. The molecule has 5 aromatic carbocycles. The van der Waals surface area contributed by atoms with E-state index < -0.39 is 7.92 Å². The van der Waals surface area contributed by atoms with E-state index in [1.165, 1.54) is 38.2 Å². The third-order valence-corrected chi connectivity index (χ3v) is 8.79. The Hall–Kier alpha value is -3.87. The van der Waals surface area contributed by atoms with Crippen LogP contribution in [0.1, 0.15) is 0 Å². The second kappa shape index (κ2) is 7.33. The summed E-state index contributed by atoms with van der Waals surface area (Å²) >= 11 is 0. The van der Waals surface area contributed by atoms with Crippen LogP contribution < -0.4 is 25.4 Å². The minimum absolute atomic E-state index is 0.814. The standard InChI is InChI=1S/C30H19O2P/c1-3-8-20(9-4-1)22-14-16-24-28(18-22)33-29-19-23(21-10-5-2-6-11-21)15-17-25(29)32-27-13-7-12-26(31-24)30(27)33/h1-19H. The predicted molar refractivity (Wildman–Crippen MR) is 136 cm³/mol. The summed E-state index contributed by atoms with van der Waals surface area (Å²) < 4.78 is 12.8. The maximum atomic E-state index is 6.38. The van der Waals surface area contributed by atoms with Gasteiger partial charge in [-0.15, -0.1) is 0 Å². The highest BCUT2D eigenvalue weighted by Crippen LogP contribution is 2.53. The first-order chi connectivity index (χ1) is 16.3. The zero-order valence-electron chi connectivity index (χ0n) is 17.7. The molecule has 2 heterocycles. The Bertz CT molecular complexity index is 1400. The highest BCUT2D eigenvalue weighted by molar-refractivity contribution is 7.80. The molecule has 0 N–H and O–H groups in total. The van der Waals surface area contributed by atoms with Gasteiger partial charge < -0.3 is 9.47 Å². The third kappa shape index (κ3) is 2.99. The van der Waals surface area contributed by atoms with Crippen LogP contribution in [0.4, 0.5) is 0 Å². The van der Waals surface area contributed by atoms with Crippen molar-refractivity contribution < 1.29 is 9.47 Å². The van der Waals surface area contributed by atoms with Crippen molar-refractivity contribution in [1.82, 2.24) is 0 Å². The Labute approximate surface area is 193 Å². The molecular weight excluding hydrogens is 423 g/mol. The van der Waals surface area contributed by atoms with Gasteiger partial charge in [-0.1, -0.05) is 78.9 Å². The number of fused-ring (bicyclic) bond motifs is 4. The maximum Gasteiger partial charge on any atom is 0.139 e. The monoisotopic (exact) mass is 442 g/mol. The molecule has 0 saturated carbocycles. The summed E-state index contributed by atoms with van der Waals surface area (Å²) in [6, 6.07) is 40.3. The molecule has 156 valence electrons. The minimum Gasteiger partial charge on any atom is -0.456 e. The van der Waals surface area contributed by atoms with Gasteiger partial charge in [0.1, 0.15) is 23.0 Å². The van der Waals surface area contributed by atoms with Crippen LogP contribution in [0.3, 0.4) is 0 Å². The van der Waals surface area contributed by atoms with Crippen LogP contribution in [0.25, 0.3) is 22.3 Å². The summed E-state index contributed by atoms with van der Waals surface area (Å²) in [7, 11) is -0.814. The second-order valence-corrected chi connectivity index (χ2v) is 10.3. The first kappa shape index (κ1) is 18.7. The number of hydrogen-bond donors (Lipinski definition) is 0. The normalized spacial score (nSPS) is 13.2. The molecule has 0 unspecified atom stereocenters. The molecule has 0 spiro atoms. The summed E-state index contributed by atoms with van der Waals surface area (Å²) in [6.45, 7) is 0. The average molecular weight is 442 g/mol. The van der Waals surface area contributed by atoms with Gasteiger partial charge in [0.05, 0.1) is 5.30 Å². The largest absolute Gasteiger partial charge is 0.456 e. The van der Waals surface area contributed by atoms with E-state index in [4.69, 9.17) is 9.47 Å². The molecule has 7 rings (SSSR count). The smallest absolute Gasteiger partial charge is 0.139 e. The molecule has 0 aromatic heterocycles. The summed E-state index contributed by atoms with van der Waals surface area (Å²) in [6.07, 6.45) is 0. The topological polar surface area (TPSA) is 18.5 Å². The fourth-order valence-corrected chi connectivity index (χ4v) is 7.31. The van der Waals surface area contributed by atoms with E-state index in [1.54, 1.807) is 0 Å². The van der Waals surface area contributed by atoms with Gasteiger partial charge in [0.25, 0.3) is 0 Å². The first-order valence-electron chi connectivity index (χ1n) is 11.0. The molecule has 2 aliphatic rings. The Kier molecular flexibility index (Phi) is 4.15. The van der Waals surface area contributed by atoms with Crippen molar-refractivity contribution >= 4 is 23.8 Å². The average Bonchev–Trinajstić information content (AvgIpc) is 2.89. The summed E-state index contributed by atoms with van der Waals surface area (Å²) in [5, 5.41) is 3.64. The zero-order valence-corrected chi connectivity index (χ0v) is 18.6. The number of hydrogen-bond acceptors (Lipinski definition) is 2. The molecule has 0 atom stereocenters. The van der Waals surface area contributed by atoms with Crippen LogP contribution in [0.5, 0.6) is 23.0 Å². The Morgan fingerprint density at radius 1 is 0.394 bits per heavy atom. The van der Waals surface area contributed by atoms with Crippen molar-refractivity contribution in [2.24, 2.45) is 0 Å². The van der Waals surface area contributed by atoms with Gasteiger partial charge in [0.2, 0.25) is 0 Å². The quantitative estimate of drug-likeness (QED) is 0.269. The highest BCUT2D eigenvalue weighted by atomic mass is 31.1. The lowest BCUT2D eigenvalue weighted by molar-refractivity contribution is 0.466. The van der Waals surface area contributed by atoms with Gasteiger partial charge in [0.15, 0.2) is 0 Å². The molecule has 33 heavy (non-hydrogen) atoms. The lowest BCUT2D eigenvalue weighted by Crippen LogP contribution is -2.32. The number of benzene rings is 5. The van der Waals surface area contributed by atoms with E-state index in [2.05, 4.69) is 109 Å². The maximum absolute atomic E-state index is 6.38. The van der Waals surface area contributed by atoms with E-state index in [9.17, 15) is 0 Å². The Morgan fingerprint density at radius 2 is 0.879 bits per heavy atom. The van der Waals surface area contributed by atoms with Gasteiger partial charge in [-0.3, -0.25) is 0 Å². The SMILES string of the molecule is c1ccc(-c2ccc3c(c2)P2c4cc(-c5ccccc5)ccc4Oc4cccc(c42)O3)cc1. The zero-order chi connectivity index (χ0) is 21.8. The molecule has 0 aliphatic carbocycles. The van der Waals surface area contributed by atoms with Gasteiger partial charge in [-0.25, -0.2) is 0 Å². The van der Waals surface area contributed by atoms with Crippen molar-refractivity contribution in [3.8, 4) is 45.3 Å². The molecule has 2 aliphatic heterocycles. The molecule has 0 fully saturated rings. The number of rotatable bonds is 2. The van der Waals surface area contributed by atoms with Gasteiger partial charge in [0, 0.05) is 18.5 Å². The third-order valence-electron chi connectivity index (χ3n) is 6.24. The molecule has 0 radical (unpaired) electrons. The highest BCUT2D eigenvalue weighted by Gasteiger charge is 2.37. The van der Waals surface area contributed by atoms with Gasteiger partial charge in [-0.2, -0.15) is 0 Å². The van der Waals surface area contributed by atoms with Crippen LogP contribution in [0, 0.1) is 0 Å². The van der Waals surface area contributed by atoms with Crippen molar-refractivity contribution in [3.05, 3.63) is 115 Å². The molecule has 0 saturated heterocycles.